The number of carbonyl (C=O) groups is 2. The van der Waals surface area contributed by atoms with Crippen LogP contribution in [0.2, 0.25) is 0 Å². The normalized spacial score (nSPS) is 6.93. The standard InChI is InChI=1S/C4H4O4.C3H3N.C2H3Cl/c5-3(6)1-2-4(7)8;1-2-3-4;1-2-3/h1-2H,(H,5,6)(H,7,8);2H,1H2;2H,1H2/b2-1-;;. The molecule has 0 aromatic rings. The lowest BCUT2D eigenvalue weighted by atomic mass is 10.5. The van der Waals surface area contributed by atoms with Crippen molar-refractivity contribution in [2.45, 2.75) is 0 Å². The average Bonchev–Trinajstić information content (AvgIpc) is 2.16. The lowest BCUT2D eigenvalue weighted by Crippen LogP contribution is -1.91. The molecule has 0 bridgehead atoms. The molecule has 2 N–H and O–H groups in total. The number of nitrogens with zero attached hydrogens (tertiary/aromatic N) is 1. The van der Waals surface area contributed by atoms with Crippen LogP contribution in [-0.2, 0) is 9.59 Å². The second kappa shape index (κ2) is 17.9. The molecule has 0 aromatic heterocycles. The number of halogens is 1. The summed E-state index contributed by atoms with van der Waals surface area (Å²) in [5.41, 5.74) is 1.22. The summed E-state index contributed by atoms with van der Waals surface area (Å²) >= 11 is 4.76. The van der Waals surface area contributed by atoms with Gasteiger partial charge in [0, 0.05) is 18.2 Å². The molecular formula is C9H10ClNO4. The number of hydrogen-bond donors (Lipinski definition) is 2. The minimum atomic E-state index is -1.26. The Balaban J connectivity index is -0.000000173. The first kappa shape index (κ1) is 18.7. The van der Waals surface area contributed by atoms with Crippen LogP contribution in [-0.4, -0.2) is 22.2 Å². The van der Waals surface area contributed by atoms with Crippen molar-refractivity contribution in [1.29, 1.82) is 5.26 Å². The molecule has 0 aliphatic heterocycles. The van der Waals surface area contributed by atoms with E-state index >= 15 is 0 Å². The van der Waals surface area contributed by atoms with Crippen molar-refractivity contribution in [2.75, 3.05) is 0 Å². The van der Waals surface area contributed by atoms with Crippen LogP contribution >= 0.6 is 11.6 Å². The van der Waals surface area contributed by atoms with E-state index in [-0.39, 0.29) is 0 Å². The number of carboxylic acids is 2. The van der Waals surface area contributed by atoms with Crippen LogP contribution in [0, 0.1) is 11.3 Å². The minimum Gasteiger partial charge on any atom is -0.478 e. The third-order valence-corrected chi connectivity index (χ3v) is 0.460. The molecular weight excluding hydrogens is 222 g/mol. The highest BCUT2D eigenvalue weighted by Gasteiger charge is 1.88. The van der Waals surface area contributed by atoms with E-state index in [0.717, 1.165) is 0 Å². The molecule has 0 unspecified atom stereocenters. The van der Waals surface area contributed by atoms with Crippen LogP contribution < -0.4 is 0 Å². The molecule has 0 radical (unpaired) electrons. The molecule has 82 valence electrons. The Labute approximate surface area is 92.2 Å². The Hall–Kier alpha value is -2.06. The van der Waals surface area contributed by atoms with Crippen LogP contribution in [0.15, 0.2) is 36.9 Å². The molecule has 0 aliphatic rings. The van der Waals surface area contributed by atoms with Gasteiger partial charge in [0.15, 0.2) is 0 Å². The first-order valence-electron chi connectivity index (χ1n) is 3.31. The monoisotopic (exact) mass is 231 g/mol. The van der Waals surface area contributed by atoms with E-state index in [0.29, 0.717) is 12.2 Å². The predicted octanol–water partition coefficient (Wildman–Crippen LogP) is 1.78. The van der Waals surface area contributed by atoms with Gasteiger partial charge in [0.1, 0.15) is 0 Å². The number of carboxylic acid groups (broad SMARTS) is 2. The summed E-state index contributed by atoms with van der Waals surface area (Å²) in [5.74, 6) is -2.51. The van der Waals surface area contributed by atoms with Gasteiger partial charge in [0.2, 0.25) is 0 Å². The quantitative estimate of drug-likeness (QED) is 0.558. The molecule has 6 heteroatoms. The summed E-state index contributed by atoms with van der Waals surface area (Å²) < 4.78 is 0. The number of allylic oxidation sites excluding steroid dienone is 1. The number of rotatable bonds is 2. The smallest absolute Gasteiger partial charge is 0.328 e. The highest BCUT2D eigenvalue weighted by molar-refractivity contribution is 6.25. The zero-order valence-corrected chi connectivity index (χ0v) is 8.52. The van der Waals surface area contributed by atoms with Gasteiger partial charge in [-0.3, -0.25) is 0 Å². The largest absolute Gasteiger partial charge is 0.478 e. The van der Waals surface area contributed by atoms with Gasteiger partial charge in [-0.25, -0.2) is 9.59 Å². The lowest BCUT2D eigenvalue weighted by Gasteiger charge is -1.74. The van der Waals surface area contributed by atoms with E-state index in [4.69, 9.17) is 27.1 Å². The van der Waals surface area contributed by atoms with Gasteiger partial charge in [0.25, 0.3) is 0 Å². The van der Waals surface area contributed by atoms with Crippen molar-refractivity contribution >= 4 is 23.5 Å². The Morgan fingerprint density at radius 3 is 1.47 bits per heavy atom. The Bertz CT molecular complexity index is 262. The van der Waals surface area contributed by atoms with Gasteiger partial charge in [0.05, 0.1) is 6.07 Å². The number of hydrogen-bond acceptors (Lipinski definition) is 3. The third-order valence-electron chi connectivity index (χ3n) is 0.460. The van der Waals surface area contributed by atoms with E-state index < -0.39 is 11.9 Å². The first-order valence-corrected chi connectivity index (χ1v) is 3.75. The summed E-state index contributed by atoms with van der Waals surface area (Å²) in [5, 5.41) is 23.1. The van der Waals surface area contributed by atoms with Crippen LogP contribution in [0.3, 0.4) is 0 Å². The van der Waals surface area contributed by atoms with Crippen molar-refractivity contribution in [3.05, 3.63) is 36.9 Å². The molecule has 0 atom stereocenters. The Morgan fingerprint density at radius 1 is 1.20 bits per heavy atom. The van der Waals surface area contributed by atoms with Crippen molar-refractivity contribution in [1.82, 2.24) is 0 Å². The molecule has 15 heavy (non-hydrogen) atoms. The highest BCUT2D eigenvalue weighted by Crippen LogP contribution is 1.70. The molecule has 0 saturated carbocycles. The van der Waals surface area contributed by atoms with Crippen LogP contribution in [0.25, 0.3) is 0 Å². The predicted molar refractivity (Wildman–Crippen MR) is 56.3 cm³/mol. The molecule has 0 heterocycles. The third kappa shape index (κ3) is 76.0. The summed E-state index contributed by atoms with van der Waals surface area (Å²) in [6.45, 7) is 6.24. The van der Waals surface area contributed by atoms with E-state index in [9.17, 15) is 9.59 Å². The Morgan fingerprint density at radius 2 is 1.40 bits per heavy atom. The van der Waals surface area contributed by atoms with Gasteiger partial charge >= 0.3 is 11.9 Å². The maximum atomic E-state index is 9.55. The maximum absolute atomic E-state index is 9.55. The van der Waals surface area contributed by atoms with Crippen molar-refractivity contribution in [3.8, 4) is 6.07 Å². The topological polar surface area (TPSA) is 98.4 Å². The maximum Gasteiger partial charge on any atom is 0.328 e. The highest BCUT2D eigenvalue weighted by atomic mass is 35.5. The summed E-state index contributed by atoms with van der Waals surface area (Å²) in [7, 11) is 0. The fourth-order valence-corrected chi connectivity index (χ4v) is 0.143. The summed E-state index contributed by atoms with van der Waals surface area (Å²) in [6.07, 6.45) is 2.30. The number of aliphatic carboxylic acids is 2. The molecule has 0 saturated heterocycles. The first-order chi connectivity index (χ1) is 6.95. The summed E-state index contributed by atoms with van der Waals surface area (Å²) in [6, 6.07) is 1.69. The molecule has 0 aromatic carbocycles. The van der Waals surface area contributed by atoms with Gasteiger partial charge < -0.3 is 10.2 Å². The van der Waals surface area contributed by atoms with E-state index in [1.807, 2.05) is 0 Å². The zero-order chi connectivity index (χ0) is 12.7. The van der Waals surface area contributed by atoms with E-state index in [1.165, 1.54) is 11.6 Å². The summed E-state index contributed by atoms with van der Waals surface area (Å²) in [4.78, 5) is 19.1. The average molecular weight is 232 g/mol. The van der Waals surface area contributed by atoms with Crippen LogP contribution in [0.1, 0.15) is 0 Å². The zero-order valence-electron chi connectivity index (χ0n) is 7.76. The Kier molecular flexibility index (Phi) is 22.3. The second-order valence-corrected chi connectivity index (χ2v) is 1.81. The molecule has 0 rings (SSSR count). The van der Waals surface area contributed by atoms with Crippen LogP contribution in [0.4, 0.5) is 0 Å². The second-order valence-electron chi connectivity index (χ2n) is 1.50. The molecule has 0 fully saturated rings. The molecule has 5 nitrogen and oxygen atoms in total. The van der Waals surface area contributed by atoms with Crippen molar-refractivity contribution in [3.63, 3.8) is 0 Å². The molecule has 0 amide bonds. The van der Waals surface area contributed by atoms with Crippen LogP contribution in [0.5, 0.6) is 0 Å². The molecule has 0 aliphatic carbocycles. The SMILES string of the molecule is C=CC#N.C=CCl.O=C(O)/C=C\C(=O)O. The minimum absolute atomic E-state index is 0.558. The van der Waals surface area contributed by atoms with Crippen molar-refractivity contribution < 1.29 is 19.8 Å². The number of nitriles is 1. The van der Waals surface area contributed by atoms with Gasteiger partial charge in [-0.05, 0) is 5.54 Å². The van der Waals surface area contributed by atoms with E-state index in [1.54, 1.807) is 6.07 Å². The fourth-order valence-electron chi connectivity index (χ4n) is 0.143. The van der Waals surface area contributed by atoms with Gasteiger partial charge in [-0.1, -0.05) is 24.8 Å². The molecule has 0 spiro atoms. The van der Waals surface area contributed by atoms with E-state index in [2.05, 4.69) is 13.2 Å². The lowest BCUT2D eigenvalue weighted by molar-refractivity contribution is -0.134. The van der Waals surface area contributed by atoms with Crippen molar-refractivity contribution in [2.24, 2.45) is 0 Å². The van der Waals surface area contributed by atoms with Gasteiger partial charge in [-0.2, -0.15) is 5.26 Å². The van der Waals surface area contributed by atoms with Gasteiger partial charge in [-0.15, -0.1) is 0 Å². The fraction of sp³-hybridized carbons (Fsp3) is 0.